The number of nitrogens with two attached hydrogens (primary N) is 1. The van der Waals surface area contributed by atoms with Crippen LogP contribution in [0, 0.1) is 13.8 Å². The zero-order valence-corrected chi connectivity index (χ0v) is 16.7. The van der Waals surface area contributed by atoms with Gasteiger partial charge in [0.2, 0.25) is 5.89 Å². The minimum absolute atomic E-state index is 0.00852. The molecule has 0 saturated heterocycles. The molecule has 2 heterocycles. The van der Waals surface area contributed by atoms with Crippen LogP contribution in [0.3, 0.4) is 0 Å². The lowest BCUT2D eigenvalue weighted by Gasteiger charge is -2.14. The van der Waals surface area contributed by atoms with Crippen LogP contribution in [0.15, 0.2) is 71.4 Å². The van der Waals surface area contributed by atoms with Crippen LogP contribution in [-0.4, -0.2) is 15.1 Å². The van der Waals surface area contributed by atoms with Gasteiger partial charge in [-0.15, -0.1) is 0 Å². The van der Waals surface area contributed by atoms with E-state index in [-0.39, 0.29) is 5.92 Å². The van der Waals surface area contributed by atoms with Gasteiger partial charge in [0.05, 0.1) is 5.92 Å². The first kappa shape index (κ1) is 18.9. The smallest absolute Gasteiger partial charge is 0.234 e. The first-order valence-electron chi connectivity index (χ1n) is 9.73. The number of hydrogen-bond donors (Lipinski definition) is 1. The fourth-order valence-corrected chi connectivity index (χ4v) is 3.45. The molecule has 0 radical (unpaired) electrons. The molecule has 0 aliphatic carbocycles. The second kappa shape index (κ2) is 8.27. The fraction of sp³-hybridized carbons (Fsp3) is 0.208. The monoisotopic (exact) mass is 384 g/mol. The van der Waals surface area contributed by atoms with Crippen LogP contribution in [-0.2, 0) is 12.8 Å². The predicted molar refractivity (Wildman–Crippen MR) is 114 cm³/mol. The molecule has 1 atom stereocenters. The topological polar surface area (TPSA) is 77.8 Å². The number of benzene rings is 2. The van der Waals surface area contributed by atoms with Crippen molar-refractivity contribution in [2.24, 2.45) is 0 Å². The Kier molecular flexibility index (Phi) is 5.38. The molecule has 4 rings (SSSR count). The summed E-state index contributed by atoms with van der Waals surface area (Å²) in [5.41, 5.74) is 11.8. The standard InChI is InChI=1S/C24H24N4O/c1-16-10-11-18(13-17(16)2)14-21(19-7-4-3-5-8-19)24-27-22(28-29-24)15-20-9-6-12-26-23(20)25/h3-13,21H,14-15H2,1-2H3,(H2,25,26). The third kappa shape index (κ3) is 4.35. The van der Waals surface area contributed by atoms with Crippen LogP contribution in [0.1, 0.15) is 45.5 Å². The van der Waals surface area contributed by atoms with E-state index in [0.29, 0.717) is 24.0 Å². The maximum absolute atomic E-state index is 5.96. The lowest BCUT2D eigenvalue weighted by Crippen LogP contribution is -2.06. The molecule has 0 spiro atoms. The van der Waals surface area contributed by atoms with Gasteiger partial charge in [0, 0.05) is 18.2 Å². The predicted octanol–water partition coefficient (Wildman–Crippen LogP) is 4.63. The molecular formula is C24H24N4O. The molecule has 0 bridgehead atoms. The van der Waals surface area contributed by atoms with Crippen molar-refractivity contribution < 1.29 is 4.52 Å². The third-order valence-electron chi connectivity index (χ3n) is 5.27. The average molecular weight is 384 g/mol. The van der Waals surface area contributed by atoms with E-state index in [2.05, 4.69) is 54.3 Å². The van der Waals surface area contributed by atoms with Gasteiger partial charge in [-0.2, -0.15) is 4.98 Å². The Bertz CT molecular complexity index is 1100. The van der Waals surface area contributed by atoms with E-state index in [0.717, 1.165) is 17.5 Å². The molecule has 0 aliphatic rings. The molecule has 29 heavy (non-hydrogen) atoms. The zero-order valence-electron chi connectivity index (χ0n) is 16.7. The number of nitrogen functional groups attached to an aromatic ring is 1. The van der Waals surface area contributed by atoms with Gasteiger partial charge in [-0.3, -0.25) is 0 Å². The molecule has 2 aromatic carbocycles. The Morgan fingerprint density at radius 3 is 2.55 bits per heavy atom. The highest BCUT2D eigenvalue weighted by Gasteiger charge is 2.22. The van der Waals surface area contributed by atoms with Crippen LogP contribution in [0.5, 0.6) is 0 Å². The normalized spacial score (nSPS) is 12.1. The van der Waals surface area contributed by atoms with Crippen LogP contribution < -0.4 is 5.73 Å². The van der Waals surface area contributed by atoms with Crippen molar-refractivity contribution in [1.29, 1.82) is 0 Å². The molecular weight excluding hydrogens is 360 g/mol. The molecule has 2 N–H and O–H groups in total. The third-order valence-corrected chi connectivity index (χ3v) is 5.27. The number of anilines is 1. The maximum atomic E-state index is 5.96. The van der Waals surface area contributed by atoms with E-state index in [4.69, 9.17) is 15.2 Å². The summed E-state index contributed by atoms with van der Waals surface area (Å²) in [7, 11) is 0. The van der Waals surface area contributed by atoms with E-state index in [9.17, 15) is 0 Å². The maximum Gasteiger partial charge on any atom is 0.234 e. The molecule has 0 saturated carbocycles. The molecule has 2 aromatic heterocycles. The van der Waals surface area contributed by atoms with Crippen molar-refractivity contribution in [2.75, 3.05) is 5.73 Å². The van der Waals surface area contributed by atoms with Crippen molar-refractivity contribution in [3.63, 3.8) is 0 Å². The quantitative estimate of drug-likeness (QED) is 0.524. The minimum Gasteiger partial charge on any atom is -0.383 e. The van der Waals surface area contributed by atoms with Crippen LogP contribution in [0.2, 0.25) is 0 Å². The van der Waals surface area contributed by atoms with Crippen LogP contribution in [0.25, 0.3) is 0 Å². The summed E-state index contributed by atoms with van der Waals surface area (Å²) in [5.74, 6) is 1.71. The number of aromatic nitrogens is 3. The summed E-state index contributed by atoms with van der Waals surface area (Å²) in [5, 5.41) is 4.20. The zero-order chi connectivity index (χ0) is 20.2. The largest absolute Gasteiger partial charge is 0.383 e. The molecule has 4 aromatic rings. The van der Waals surface area contributed by atoms with Crippen molar-refractivity contribution in [3.8, 4) is 0 Å². The minimum atomic E-state index is -0.00852. The second-order valence-electron chi connectivity index (χ2n) is 7.36. The van der Waals surface area contributed by atoms with Gasteiger partial charge in [-0.05, 0) is 48.6 Å². The summed E-state index contributed by atoms with van der Waals surface area (Å²) >= 11 is 0. The lowest BCUT2D eigenvalue weighted by atomic mass is 9.90. The first-order chi connectivity index (χ1) is 14.1. The Morgan fingerprint density at radius 1 is 0.966 bits per heavy atom. The van der Waals surface area contributed by atoms with Gasteiger partial charge < -0.3 is 10.3 Å². The van der Waals surface area contributed by atoms with E-state index in [1.807, 2.05) is 30.3 Å². The SMILES string of the molecule is Cc1ccc(CC(c2ccccc2)c2nc(Cc3cccnc3N)no2)cc1C. The van der Waals surface area contributed by atoms with Crippen molar-refractivity contribution >= 4 is 5.82 Å². The molecule has 1 unspecified atom stereocenters. The average Bonchev–Trinajstić information content (AvgIpc) is 3.19. The number of nitrogens with zero attached hydrogens (tertiary/aromatic N) is 3. The number of pyridine rings is 1. The highest BCUT2D eigenvalue weighted by Crippen LogP contribution is 2.28. The molecule has 0 fully saturated rings. The van der Waals surface area contributed by atoms with Gasteiger partial charge in [0.1, 0.15) is 5.82 Å². The molecule has 0 amide bonds. The Morgan fingerprint density at radius 2 is 1.79 bits per heavy atom. The second-order valence-corrected chi connectivity index (χ2v) is 7.36. The number of hydrogen-bond acceptors (Lipinski definition) is 5. The first-order valence-corrected chi connectivity index (χ1v) is 9.73. The van der Waals surface area contributed by atoms with E-state index in [1.54, 1.807) is 6.20 Å². The Hall–Kier alpha value is -3.47. The van der Waals surface area contributed by atoms with E-state index >= 15 is 0 Å². The van der Waals surface area contributed by atoms with E-state index < -0.39 is 0 Å². The Labute approximate surface area is 170 Å². The highest BCUT2D eigenvalue weighted by molar-refractivity contribution is 5.40. The van der Waals surface area contributed by atoms with Gasteiger partial charge in [0.15, 0.2) is 5.82 Å². The summed E-state index contributed by atoms with van der Waals surface area (Å²) < 4.78 is 5.70. The van der Waals surface area contributed by atoms with Crippen LogP contribution >= 0.6 is 0 Å². The molecule has 0 aliphatic heterocycles. The molecule has 146 valence electrons. The van der Waals surface area contributed by atoms with Crippen molar-refractivity contribution in [3.05, 3.63) is 106 Å². The summed E-state index contributed by atoms with van der Waals surface area (Å²) in [6.45, 7) is 4.27. The lowest BCUT2D eigenvalue weighted by molar-refractivity contribution is 0.360. The Balaban J connectivity index is 1.64. The van der Waals surface area contributed by atoms with E-state index in [1.165, 1.54) is 16.7 Å². The van der Waals surface area contributed by atoms with Crippen molar-refractivity contribution in [1.82, 2.24) is 15.1 Å². The molecule has 5 nitrogen and oxygen atoms in total. The van der Waals surface area contributed by atoms with Gasteiger partial charge >= 0.3 is 0 Å². The van der Waals surface area contributed by atoms with Gasteiger partial charge in [0.25, 0.3) is 0 Å². The number of aryl methyl sites for hydroxylation is 2. The summed E-state index contributed by atoms with van der Waals surface area (Å²) in [4.78, 5) is 8.83. The number of rotatable bonds is 6. The summed E-state index contributed by atoms with van der Waals surface area (Å²) in [6, 6.07) is 20.7. The van der Waals surface area contributed by atoms with Crippen LogP contribution in [0.4, 0.5) is 5.82 Å². The highest BCUT2D eigenvalue weighted by atomic mass is 16.5. The van der Waals surface area contributed by atoms with Gasteiger partial charge in [-0.25, -0.2) is 4.98 Å². The summed E-state index contributed by atoms with van der Waals surface area (Å²) in [6.07, 6.45) is 2.96. The fourth-order valence-electron chi connectivity index (χ4n) is 3.45. The van der Waals surface area contributed by atoms with Crippen molar-refractivity contribution in [2.45, 2.75) is 32.6 Å². The van der Waals surface area contributed by atoms with Gasteiger partial charge in [-0.1, -0.05) is 59.8 Å². The molecule has 5 heteroatoms.